The lowest BCUT2D eigenvalue weighted by atomic mass is 10.00. The normalized spacial score (nSPS) is 17.1. The number of benzene rings is 1. The fraction of sp³-hybridized carbons (Fsp3) is 0.500. The summed E-state index contributed by atoms with van der Waals surface area (Å²) in [6.07, 6.45) is 4.90. The molecule has 2 aliphatic rings. The van der Waals surface area contributed by atoms with Crippen molar-refractivity contribution in [3.05, 3.63) is 51.7 Å². The lowest BCUT2D eigenvalue weighted by Gasteiger charge is -2.28. The van der Waals surface area contributed by atoms with Crippen molar-refractivity contribution in [1.82, 2.24) is 19.2 Å². The van der Waals surface area contributed by atoms with Gasteiger partial charge in [0.15, 0.2) is 0 Å². The third kappa shape index (κ3) is 2.77. The van der Waals surface area contributed by atoms with E-state index < -0.39 is 0 Å². The van der Waals surface area contributed by atoms with Crippen LogP contribution in [0.3, 0.4) is 0 Å². The largest absolute Gasteiger partial charge is 0.346 e. The summed E-state index contributed by atoms with van der Waals surface area (Å²) in [5.74, 6) is 0.800. The highest BCUT2D eigenvalue weighted by Crippen LogP contribution is 2.18. The Morgan fingerprint density at radius 3 is 2.75 bits per heavy atom. The monoisotopic (exact) mass is 326 g/mol. The smallest absolute Gasteiger partial charge is 0.336 e. The zero-order valence-corrected chi connectivity index (χ0v) is 13.8. The summed E-state index contributed by atoms with van der Waals surface area (Å²) in [6.45, 7) is 2.09. The highest BCUT2D eigenvalue weighted by atomic mass is 16.2. The molecule has 0 atom stereocenters. The van der Waals surface area contributed by atoms with E-state index in [0.29, 0.717) is 13.1 Å². The van der Waals surface area contributed by atoms with E-state index in [0.717, 1.165) is 44.5 Å². The molecule has 0 spiro atoms. The zero-order chi connectivity index (χ0) is 16.5. The highest BCUT2D eigenvalue weighted by Gasteiger charge is 2.23. The minimum Gasteiger partial charge on any atom is -0.336 e. The van der Waals surface area contributed by atoms with Crippen molar-refractivity contribution in [3.8, 4) is 0 Å². The number of rotatable bonds is 2. The Kier molecular flexibility index (Phi) is 3.96. The van der Waals surface area contributed by atoms with Crippen LogP contribution in [0.25, 0.3) is 0 Å². The van der Waals surface area contributed by atoms with E-state index >= 15 is 0 Å². The van der Waals surface area contributed by atoms with Gasteiger partial charge in [-0.2, -0.15) is 5.10 Å². The van der Waals surface area contributed by atoms with E-state index in [9.17, 15) is 9.59 Å². The second-order valence-electron chi connectivity index (χ2n) is 6.65. The number of carbonyl (C=O) groups is 1. The number of hydrogen-bond donors (Lipinski definition) is 0. The van der Waals surface area contributed by atoms with Crippen LogP contribution >= 0.6 is 0 Å². The summed E-state index contributed by atoms with van der Waals surface area (Å²) in [5.41, 5.74) is 2.37. The minimum absolute atomic E-state index is 0.0279. The van der Waals surface area contributed by atoms with Gasteiger partial charge in [0.2, 0.25) is 5.91 Å². The highest BCUT2D eigenvalue weighted by molar-refractivity contribution is 5.76. The van der Waals surface area contributed by atoms with Gasteiger partial charge < -0.3 is 4.90 Å². The Balaban J connectivity index is 1.50. The number of hydrogen-bond acceptors (Lipinski definition) is 3. The van der Waals surface area contributed by atoms with E-state index in [1.807, 2.05) is 17.0 Å². The van der Waals surface area contributed by atoms with Gasteiger partial charge in [0.05, 0.1) is 0 Å². The summed E-state index contributed by atoms with van der Waals surface area (Å²) in [5, 5.41) is 4.41. The van der Waals surface area contributed by atoms with Crippen LogP contribution in [-0.4, -0.2) is 31.7 Å². The minimum atomic E-state index is -0.141. The maximum atomic E-state index is 12.6. The van der Waals surface area contributed by atoms with Gasteiger partial charge in [-0.05, 0) is 30.4 Å². The maximum Gasteiger partial charge on any atom is 0.346 e. The van der Waals surface area contributed by atoms with Gasteiger partial charge in [0, 0.05) is 26.1 Å². The second-order valence-corrected chi connectivity index (χ2v) is 6.65. The fourth-order valence-electron chi connectivity index (χ4n) is 3.67. The predicted octanol–water partition coefficient (Wildman–Crippen LogP) is 1.36. The Bertz CT molecular complexity index is 821. The van der Waals surface area contributed by atoms with Crippen molar-refractivity contribution in [3.63, 3.8) is 0 Å². The molecular weight excluding hydrogens is 304 g/mol. The molecule has 0 bridgehead atoms. The first-order valence-corrected chi connectivity index (χ1v) is 8.73. The molecule has 0 unspecified atom stereocenters. The quantitative estimate of drug-likeness (QED) is 0.837. The molecule has 0 N–H and O–H groups in total. The van der Waals surface area contributed by atoms with E-state index in [1.54, 1.807) is 4.57 Å². The van der Waals surface area contributed by atoms with Gasteiger partial charge in [-0.25, -0.2) is 9.48 Å². The number of amides is 1. The molecular formula is C18H22N4O2. The Morgan fingerprint density at radius 1 is 1.04 bits per heavy atom. The molecule has 0 saturated heterocycles. The van der Waals surface area contributed by atoms with Crippen LogP contribution in [0.15, 0.2) is 29.1 Å². The molecule has 2 aromatic rings. The van der Waals surface area contributed by atoms with Crippen LogP contribution in [-0.2, 0) is 37.3 Å². The molecule has 1 amide bonds. The molecule has 6 nitrogen and oxygen atoms in total. The number of aromatic nitrogens is 3. The van der Waals surface area contributed by atoms with Crippen LogP contribution in [0.4, 0.5) is 0 Å². The third-order valence-corrected chi connectivity index (χ3v) is 5.05. The van der Waals surface area contributed by atoms with Crippen molar-refractivity contribution in [2.24, 2.45) is 0 Å². The van der Waals surface area contributed by atoms with E-state index in [1.165, 1.54) is 15.8 Å². The lowest BCUT2D eigenvalue weighted by Crippen LogP contribution is -2.40. The molecule has 0 saturated carbocycles. The predicted molar refractivity (Wildman–Crippen MR) is 89.6 cm³/mol. The molecule has 6 heteroatoms. The van der Waals surface area contributed by atoms with Crippen molar-refractivity contribution in [2.45, 2.75) is 51.7 Å². The van der Waals surface area contributed by atoms with Crippen LogP contribution in [0.2, 0.25) is 0 Å². The van der Waals surface area contributed by atoms with Crippen LogP contribution in [0.5, 0.6) is 0 Å². The van der Waals surface area contributed by atoms with Crippen molar-refractivity contribution in [2.75, 3.05) is 6.54 Å². The summed E-state index contributed by atoms with van der Waals surface area (Å²) in [4.78, 5) is 26.9. The average molecular weight is 326 g/mol. The summed E-state index contributed by atoms with van der Waals surface area (Å²) >= 11 is 0. The first-order chi connectivity index (χ1) is 11.7. The number of carbonyl (C=O) groups excluding carboxylic acids is 1. The fourth-order valence-corrected chi connectivity index (χ4v) is 3.67. The van der Waals surface area contributed by atoms with Gasteiger partial charge >= 0.3 is 5.69 Å². The molecule has 4 rings (SSSR count). The lowest BCUT2D eigenvalue weighted by molar-refractivity contribution is -0.133. The van der Waals surface area contributed by atoms with Gasteiger partial charge in [0.1, 0.15) is 12.4 Å². The van der Waals surface area contributed by atoms with Crippen molar-refractivity contribution in [1.29, 1.82) is 0 Å². The summed E-state index contributed by atoms with van der Waals surface area (Å²) < 4.78 is 3.09. The maximum absolute atomic E-state index is 12.6. The van der Waals surface area contributed by atoms with E-state index in [2.05, 4.69) is 17.2 Å². The van der Waals surface area contributed by atoms with Gasteiger partial charge in [-0.15, -0.1) is 0 Å². The Hall–Kier alpha value is -2.37. The van der Waals surface area contributed by atoms with Gasteiger partial charge in [0.25, 0.3) is 0 Å². The SMILES string of the molecule is O=C(Cn1nc2n(c1=O)CCCCC2)N1CCc2ccccc2C1. The number of nitrogens with zero attached hydrogens (tertiary/aromatic N) is 4. The first kappa shape index (κ1) is 15.2. The Morgan fingerprint density at radius 2 is 1.88 bits per heavy atom. The van der Waals surface area contributed by atoms with Gasteiger partial charge in [-0.1, -0.05) is 30.7 Å². The standard InChI is InChI=1S/C18H22N4O2/c23-17(20-11-9-14-6-3-4-7-15(14)12-20)13-22-18(24)21-10-5-1-2-8-16(21)19-22/h3-4,6-7H,1-2,5,8-13H2. The van der Waals surface area contributed by atoms with Crippen molar-refractivity contribution < 1.29 is 4.79 Å². The van der Waals surface area contributed by atoms with Gasteiger partial charge in [-0.3, -0.25) is 9.36 Å². The van der Waals surface area contributed by atoms with E-state index in [-0.39, 0.29) is 18.1 Å². The molecule has 3 heterocycles. The molecule has 2 aliphatic heterocycles. The van der Waals surface area contributed by atoms with Crippen molar-refractivity contribution >= 4 is 5.91 Å². The molecule has 24 heavy (non-hydrogen) atoms. The molecule has 126 valence electrons. The molecule has 1 aromatic heterocycles. The summed E-state index contributed by atoms with van der Waals surface area (Å²) in [6, 6.07) is 8.23. The summed E-state index contributed by atoms with van der Waals surface area (Å²) in [7, 11) is 0. The molecule has 0 radical (unpaired) electrons. The molecule has 1 aromatic carbocycles. The average Bonchev–Trinajstić information content (AvgIpc) is 2.78. The van der Waals surface area contributed by atoms with Crippen LogP contribution in [0, 0.1) is 0 Å². The van der Waals surface area contributed by atoms with Crippen LogP contribution in [0.1, 0.15) is 36.2 Å². The zero-order valence-electron chi connectivity index (χ0n) is 13.8. The number of fused-ring (bicyclic) bond motifs is 2. The van der Waals surface area contributed by atoms with E-state index in [4.69, 9.17) is 0 Å². The Labute approximate surface area is 140 Å². The molecule has 0 fully saturated rings. The topological polar surface area (TPSA) is 60.1 Å². The first-order valence-electron chi connectivity index (χ1n) is 8.73. The number of aryl methyl sites for hydroxylation is 1. The molecule has 0 aliphatic carbocycles. The third-order valence-electron chi connectivity index (χ3n) is 5.05. The second kappa shape index (κ2) is 6.26. The van der Waals surface area contributed by atoms with Crippen LogP contribution < -0.4 is 5.69 Å².